The average Bonchev–Trinajstić information content (AvgIpc) is 2.93. The first-order valence-corrected chi connectivity index (χ1v) is 14.5. The van der Waals surface area contributed by atoms with E-state index in [1.807, 2.05) is 13.8 Å². The van der Waals surface area contributed by atoms with E-state index in [-0.39, 0.29) is 23.4 Å². The molecule has 208 valence electrons. The lowest BCUT2D eigenvalue weighted by Crippen LogP contribution is -2.53. The summed E-state index contributed by atoms with van der Waals surface area (Å²) in [6.45, 7) is 6.89. The maximum absolute atomic E-state index is 14.0. The third-order valence-electron chi connectivity index (χ3n) is 6.65. The molecule has 0 heterocycles. The predicted octanol–water partition coefficient (Wildman–Crippen LogP) is 5.05. The third-order valence-corrected chi connectivity index (χ3v) is 8.42. The first-order chi connectivity index (χ1) is 18.6. The molecule has 0 saturated heterocycles. The monoisotopic (exact) mass is 553 g/mol. The van der Waals surface area contributed by atoms with Gasteiger partial charge in [-0.3, -0.25) is 13.9 Å². The van der Waals surface area contributed by atoms with Crippen LogP contribution in [0.5, 0.6) is 0 Å². The highest BCUT2D eigenvalue weighted by molar-refractivity contribution is 7.92. The Morgan fingerprint density at radius 3 is 2.10 bits per heavy atom. The van der Waals surface area contributed by atoms with Crippen LogP contribution in [0.15, 0.2) is 83.8 Å². The number of anilines is 1. The minimum absolute atomic E-state index is 0.0124. The Balaban J connectivity index is 2.05. The van der Waals surface area contributed by atoms with Gasteiger partial charge < -0.3 is 10.2 Å². The fourth-order valence-electron chi connectivity index (χ4n) is 4.22. The molecule has 0 unspecified atom stereocenters. The first kappa shape index (κ1) is 29.8. The van der Waals surface area contributed by atoms with Crippen LogP contribution in [-0.2, 0) is 26.2 Å². The number of hydrogen-bond donors (Lipinski definition) is 1. The number of carbonyl (C=O) groups is 2. The molecule has 3 aromatic carbocycles. The smallest absolute Gasteiger partial charge is 0.264 e. The van der Waals surface area contributed by atoms with Crippen LogP contribution < -0.4 is 9.62 Å². The molecule has 0 fully saturated rings. The van der Waals surface area contributed by atoms with Gasteiger partial charge in [-0.2, -0.15) is 0 Å². The van der Waals surface area contributed by atoms with Crippen LogP contribution >= 0.6 is 0 Å². The van der Waals surface area contributed by atoms with Crippen molar-refractivity contribution in [1.82, 2.24) is 10.2 Å². The fourth-order valence-corrected chi connectivity index (χ4v) is 5.72. The number of aryl methyl sites for hydroxylation is 1. The van der Waals surface area contributed by atoms with Gasteiger partial charge in [0.2, 0.25) is 11.8 Å². The lowest BCUT2D eigenvalue weighted by Gasteiger charge is -2.34. The van der Waals surface area contributed by atoms with Crippen molar-refractivity contribution in [3.63, 3.8) is 0 Å². The van der Waals surface area contributed by atoms with Crippen LogP contribution in [0.25, 0.3) is 0 Å². The second kappa shape index (κ2) is 13.4. The highest BCUT2D eigenvalue weighted by Gasteiger charge is 2.34. The van der Waals surface area contributed by atoms with Crippen LogP contribution in [0.3, 0.4) is 0 Å². The molecule has 3 aromatic rings. The van der Waals surface area contributed by atoms with Gasteiger partial charge in [-0.1, -0.05) is 62.4 Å². The lowest BCUT2D eigenvalue weighted by atomic mass is 10.1. The number of sulfonamides is 1. The Morgan fingerprint density at radius 2 is 1.51 bits per heavy atom. The van der Waals surface area contributed by atoms with E-state index in [4.69, 9.17) is 0 Å². The van der Waals surface area contributed by atoms with Gasteiger partial charge in [-0.05, 0) is 68.1 Å². The van der Waals surface area contributed by atoms with Crippen molar-refractivity contribution in [2.45, 2.75) is 64.1 Å². The molecule has 7 nitrogen and oxygen atoms in total. The minimum Gasteiger partial charge on any atom is -0.352 e. The summed E-state index contributed by atoms with van der Waals surface area (Å²) in [4.78, 5) is 28.7. The van der Waals surface area contributed by atoms with Crippen LogP contribution in [0.1, 0.15) is 44.7 Å². The molecule has 0 aliphatic rings. The van der Waals surface area contributed by atoms with Gasteiger partial charge in [0.25, 0.3) is 10.0 Å². The van der Waals surface area contributed by atoms with Crippen LogP contribution in [0.4, 0.5) is 10.1 Å². The van der Waals surface area contributed by atoms with Gasteiger partial charge in [0.1, 0.15) is 18.4 Å². The number of para-hydroxylation sites is 1. The van der Waals surface area contributed by atoms with Crippen molar-refractivity contribution < 1.29 is 22.4 Å². The van der Waals surface area contributed by atoms with E-state index in [1.165, 1.54) is 29.2 Å². The molecular formula is C30H36FN3O4S. The maximum atomic E-state index is 14.0. The van der Waals surface area contributed by atoms with E-state index in [2.05, 4.69) is 5.32 Å². The van der Waals surface area contributed by atoms with Crippen LogP contribution in [-0.4, -0.2) is 43.8 Å². The van der Waals surface area contributed by atoms with E-state index in [0.717, 1.165) is 4.31 Å². The van der Waals surface area contributed by atoms with Gasteiger partial charge in [-0.15, -0.1) is 0 Å². The molecule has 2 amide bonds. The van der Waals surface area contributed by atoms with E-state index >= 15 is 0 Å². The first-order valence-electron chi connectivity index (χ1n) is 13.1. The Labute approximate surface area is 230 Å². The second-order valence-corrected chi connectivity index (χ2v) is 11.4. The zero-order valence-corrected chi connectivity index (χ0v) is 23.6. The molecule has 2 atom stereocenters. The molecule has 3 rings (SSSR count). The van der Waals surface area contributed by atoms with Gasteiger partial charge in [0.05, 0.1) is 10.6 Å². The van der Waals surface area contributed by atoms with Crippen molar-refractivity contribution in [3.05, 3.63) is 95.8 Å². The van der Waals surface area contributed by atoms with Gasteiger partial charge >= 0.3 is 0 Å². The Morgan fingerprint density at radius 1 is 0.897 bits per heavy atom. The summed E-state index contributed by atoms with van der Waals surface area (Å²) in [5.41, 5.74) is 1.66. The molecule has 0 spiro atoms. The average molecular weight is 554 g/mol. The van der Waals surface area contributed by atoms with Gasteiger partial charge in [-0.25, -0.2) is 12.8 Å². The van der Waals surface area contributed by atoms with E-state index < -0.39 is 34.3 Å². The predicted molar refractivity (Wildman–Crippen MR) is 151 cm³/mol. The lowest BCUT2D eigenvalue weighted by molar-refractivity contribution is -0.140. The molecule has 39 heavy (non-hydrogen) atoms. The number of halogens is 1. The molecule has 0 aromatic heterocycles. The molecule has 0 aliphatic carbocycles. The standard InChI is InChI=1S/C30H36FN3O4S/c1-5-23(4)32-30(36)27(6-2)33(20-24-16-18-25(31)19-17-24)29(35)21-34(28-15-11-10-12-22(28)3)39(37,38)26-13-8-7-9-14-26/h7-19,23,27H,5-6,20-21H2,1-4H3,(H,32,36)/t23-,27+/m1/s1. The Hall–Kier alpha value is -3.72. The van der Waals surface area contributed by atoms with Gasteiger partial charge in [0, 0.05) is 12.6 Å². The topological polar surface area (TPSA) is 86.8 Å². The fraction of sp³-hybridized carbons (Fsp3) is 0.333. The van der Waals surface area contributed by atoms with E-state index in [1.54, 1.807) is 68.4 Å². The highest BCUT2D eigenvalue weighted by Crippen LogP contribution is 2.27. The number of nitrogens with zero attached hydrogens (tertiary/aromatic N) is 2. The Bertz CT molecular complexity index is 1360. The molecular weight excluding hydrogens is 517 g/mol. The number of carbonyl (C=O) groups excluding carboxylic acids is 2. The van der Waals surface area contributed by atoms with Crippen LogP contribution in [0, 0.1) is 12.7 Å². The highest BCUT2D eigenvalue weighted by atomic mass is 32.2. The van der Waals surface area contributed by atoms with E-state index in [9.17, 15) is 22.4 Å². The molecule has 0 saturated carbocycles. The SMILES string of the molecule is CC[C@@H](C)NC(=O)[C@H](CC)N(Cc1ccc(F)cc1)C(=O)CN(c1ccccc1C)S(=O)(=O)c1ccccc1. The zero-order chi connectivity index (χ0) is 28.6. The minimum atomic E-state index is -4.12. The normalized spacial score (nSPS) is 12.8. The largest absolute Gasteiger partial charge is 0.352 e. The summed E-state index contributed by atoms with van der Waals surface area (Å²) in [6, 6.07) is 19.6. The molecule has 9 heteroatoms. The number of benzene rings is 3. The number of rotatable bonds is 12. The summed E-state index contributed by atoms with van der Waals surface area (Å²) in [6.07, 6.45) is 1.02. The second-order valence-electron chi connectivity index (χ2n) is 9.50. The molecule has 0 aliphatic heterocycles. The molecule has 0 radical (unpaired) electrons. The quantitative estimate of drug-likeness (QED) is 0.340. The van der Waals surface area contributed by atoms with Crippen molar-refractivity contribution in [2.24, 2.45) is 0 Å². The molecule has 0 bridgehead atoms. The van der Waals surface area contributed by atoms with Gasteiger partial charge in [0.15, 0.2) is 0 Å². The van der Waals surface area contributed by atoms with Crippen molar-refractivity contribution in [3.8, 4) is 0 Å². The zero-order valence-electron chi connectivity index (χ0n) is 22.8. The summed E-state index contributed by atoms with van der Waals surface area (Å²) in [7, 11) is -4.12. The maximum Gasteiger partial charge on any atom is 0.264 e. The van der Waals surface area contributed by atoms with E-state index in [0.29, 0.717) is 29.7 Å². The van der Waals surface area contributed by atoms with Crippen molar-refractivity contribution in [1.29, 1.82) is 0 Å². The molecule has 1 N–H and O–H groups in total. The summed E-state index contributed by atoms with van der Waals surface area (Å²) in [5, 5.41) is 2.94. The van der Waals surface area contributed by atoms with Crippen molar-refractivity contribution in [2.75, 3.05) is 10.8 Å². The van der Waals surface area contributed by atoms with Crippen LogP contribution in [0.2, 0.25) is 0 Å². The third kappa shape index (κ3) is 7.44. The Kier molecular flexibility index (Phi) is 10.2. The summed E-state index contributed by atoms with van der Waals surface area (Å²) in [5.74, 6) is -1.29. The summed E-state index contributed by atoms with van der Waals surface area (Å²) >= 11 is 0. The van der Waals surface area contributed by atoms with Crippen molar-refractivity contribution >= 4 is 27.5 Å². The number of hydrogen-bond acceptors (Lipinski definition) is 4. The number of nitrogens with one attached hydrogen (secondary N) is 1. The number of amides is 2. The summed E-state index contributed by atoms with van der Waals surface area (Å²) < 4.78 is 42.3.